The average Bonchev–Trinajstić information content (AvgIpc) is 2.63. The van der Waals surface area contributed by atoms with E-state index in [0.29, 0.717) is 12.8 Å². The van der Waals surface area contributed by atoms with Gasteiger partial charge in [0.2, 0.25) is 5.88 Å². The molecule has 1 aliphatic carbocycles. The summed E-state index contributed by atoms with van der Waals surface area (Å²) in [4.78, 5) is 15.9. The van der Waals surface area contributed by atoms with Crippen molar-refractivity contribution in [1.29, 1.82) is 0 Å². The molecule has 0 spiro atoms. The van der Waals surface area contributed by atoms with Crippen LogP contribution in [0.3, 0.4) is 0 Å². The van der Waals surface area contributed by atoms with Gasteiger partial charge in [-0.2, -0.15) is 13.2 Å². The van der Waals surface area contributed by atoms with Crippen LogP contribution >= 0.6 is 0 Å². The molecule has 2 aromatic rings. The highest BCUT2D eigenvalue weighted by molar-refractivity contribution is 5.89. The van der Waals surface area contributed by atoms with E-state index in [4.69, 9.17) is 4.74 Å². The third kappa shape index (κ3) is 5.61. The maximum atomic E-state index is 12.6. The summed E-state index contributed by atoms with van der Waals surface area (Å²) in [6.45, 7) is 1.95. The highest BCUT2D eigenvalue weighted by atomic mass is 19.4. The molecule has 150 valence electrons. The number of amides is 2. The number of halogens is 3. The van der Waals surface area contributed by atoms with Gasteiger partial charge in [0, 0.05) is 24.0 Å². The normalized spacial score (nSPS) is 19.7. The number of urea groups is 1. The number of carbonyl (C=O) groups is 1. The standard InChI is InChI=1S/C20H22F3N3O2/c1-13-3-2-4-16(11-13)26-19(27)25-15-6-8-17(9-7-15)28-18-10-5-14(12-24-18)20(21,22)23/h2-5,10-12,15,17H,6-9H2,1H3,(H2,25,26,27). The predicted octanol–water partition coefficient (Wildman–Crippen LogP) is 4.92. The fourth-order valence-electron chi connectivity index (χ4n) is 3.19. The van der Waals surface area contributed by atoms with Crippen molar-refractivity contribution in [2.75, 3.05) is 5.32 Å². The molecule has 0 bridgehead atoms. The van der Waals surface area contributed by atoms with Crippen LogP contribution in [0.5, 0.6) is 5.88 Å². The molecule has 1 aromatic heterocycles. The maximum absolute atomic E-state index is 12.6. The van der Waals surface area contributed by atoms with E-state index in [0.717, 1.165) is 36.4 Å². The Bertz CT molecular complexity index is 801. The number of aromatic nitrogens is 1. The topological polar surface area (TPSA) is 63.2 Å². The van der Waals surface area contributed by atoms with Gasteiger partial charge in [-0.3, -0.25) is 0 Å². The van der Waals surface area contributed by atoms with E-state index in [1.807, 2.05) is 31.2 Å². The highest BCUT2D eigenvalue weighted by Crippen LogP contribution is 2.30. The summed E-state index contributed by atoms with van der Waals surface area (Å²) in [5.41, 5.74) is 1.00. The van der Waals surface area contributed by atoms with E-state index in [1.54, 1.807) is 0 Å². The smallest absolute Gasteiger partial charge is 0.417 e. The summed E-state index contributed by atoms with van der Waals surface area (Å²) in [5, 5.41) is 5.76. The quantitative estimate of drug-likeness (QED) is 0.775. The van der Waals surface area contributed by atoms with Crippen LogP contribution < -0.4 is 15.4 Å². The monoisotopic (exact) mass is 393 g/mol. The summed E-state index contributed by atoms with van der Waals surface area (Å²) >= 11 is 0. The number of nitrogens with zero attached hydrogens (tertiary/aromatic N) is 1. The lowest BCUT2D eigenvalue weighted by Gasteiger charge is -2.29. The zero-order valence-corrected chi connectivity index (χ0v) is 15.4. The molecule has 2 amide bonds. The van der Waals surface area contributed by atoms with E-state index in [2.05, 4.69) is 15.6 Å². The maximum Gasteiger partial charge on any atom is 0.417 e. The summed E-state index contributed by atoms with van der Waals surface area (Å²) in [6.07, 6.45) is -0.913. The number of nitrogens with one attached hydrogen (secondary N) is 2. The minimum atomic E-state index is -4.41. The Hall–Kier alpha value is -2.77. The fourth-order valence-corrected chi connectivity index (χ4v) is 3.19. The van der Waals surface area contributed by atoms with Crippen molar-refractivity contribution < 1.29 is 22.7 Å². The van der Waals surface area contributed by atoms with E-state index in [9.17, 15) is 18.0 Å². The minimum absolute atomic E-state index is 0.0326. The highest BCUT2D eigenvalue weighted by Gasteiger charge is 2.31. The molecule has 0 radical (unpaired) electrons. The average molecular weight is 393 g/mol. The SMILES string of the molecule is Cc1cccc(NC(=O)NC2CCC(Oc3ccc(C(F)(F)F)cn3)CC2)c1. The number of aryl methyl sites for hydroxylation is 1. The molecule has 1 aliphatic rings. The summed E-state index contributed by atoms with van der Waals surface area (Å²) in [7, 11) is 0. The van der Waals surface area contributed by atoms with Crippen molar-refractivity contribution in [2.24, 2.45) is 0 Å². The van der Waals surface area contributed by atoms with Gasteiger partial charge in [0.05, 0.1) is 5.56 Å². The molecule has 8 heteroatoms. The third-order valence-electron chi connectivity index (χ3n) is 4.64. The molecule has 1 heterocycles. The van der Waals surface area contributed by atoms with Crippen molar-refractivity contribution >= 4 is 11.7 Å². The first-order valence-corrected chi connectivity index (χ1v) is 9.14. The molecule has 5 nitrogen and oxygen atoms in total. The van der Waals surface area contributed by atoms with Crippen molar-refractivity contribution in [3.8, 4) is 5.88 Å². The number of alkyl halides is 3. The number of hydrogen-bond donors (Lipinski definition) is 2. The van der Waals surface area contributed by atoms with Crippen LogP contribution in [-0.4, -0.2) is 23.2 Å². The number of pyridine rings is 1. The first-order valence-electron chi connectivity index (χ1n) is 9.14. The van der Waals surface area contributed by atoms with Gasteiger partial charge in [0.15, 0.2) is 0 Å². The molecular weight excluding hydrogens is 371 g/mol. The Morgan fingerprint density at radius 2 is 1.89 bits per heavy atom. The Balaban J connectivity index is 1.43. The molecule has 0 atom stereocenters. The summed E-state index contributed by atoms with van der Waals surface area (Å²) in [5.74, 6) is 0.182. The predicted molar refractivity (Wildman–Crippen MR) is 99.2 cm³/mol. The number of anilines is 1. The Kier molecular flexibility index (Phi) is 6.06. The number of ether oxygens (including phenoxy) is 1. The molecule has 1 aromatic carbocycles. The summed E-state index contributed by atoms with van der Waals surface area (Å²) in [6, 6.07) is 9.53. The second-order valence-corrected chi connectivity index (χ2v) is 6.94. The van der Waals surface area contributed by atoms with Gasteiger partial charge in [-0.15, -0.1) is 0 Å². The van der Waals surface area contributed by atoms with Gasteiger partial charge in [0.25, 0.3) is 0 Å². The number of carbonyl (C=O) groups excluding carboxylic acids is 1. The van der Waals surface area contributed by atoms with Crippen LogP contribution in [0.25, 0.3) is 0 Å². The molecule has 0 aliphatic heterocycles. The van der Waals surface area contributed by atoms with Crippen LogP contribution in [0.1, 0.15) is 36.8 Å². The van der Waals surface area contributed by atoms with E-state index in [1.165, 1.54) is 6.07 Å². The third-order valence-corrected chi connectivity index (χ3v) is 4.64. The largest absolute Gasteiger partial charge is 0.474 e. The molecule has 0 unspecified atom stereocenters. The zero-order valence-electron chi connectivity index (χ0n) is 15.4. The molecule has 3 rings (SSSR count). The number of hydrogen-bond acceptors (Lipinski definition) is 3. The minimum Gasteiger partial charge on any atom is -0.474 e. The number of rotatable bonds is 4. The van der Waals surface area contributed by atoms with Crippen LogP contribution in [0.4, 0.5) is 23.7 Å². The lowest BCUT2D eigenvalue weighted by molar-refractivity contribution is -0.137. The van der Waals surface area contributed by atoms with E-state index >= 15 is 0 Å². The lowest BCUT2D eigenvalue weighted by atomic mass is 9.93. The Morgan fingerprint density at radius 3 is 2.50 bits per heavy atom. The van der Waals surface area contributed by atoms with Crippen LogP contribution in [0.15, 0.2) is 42.6 Å². The summed E-state index contributed by atoms with van der Waals surface area (Å²) < 4.78 is 43.4. The fraction of sp³-hybridized carbons (Fsp3) is 0.400. The first kappa shape index (κ1) is 20.0. The van der Waals surface area contributed by atoms with Crippen molar-refractivity contribution in [2.45, 2.75) is 50.9 Å². The molecule has 2 N–H and O–H groups in total. The van der Waals surface area contributed by atoms with E-state index < -0.39 is 11.7 Å². The molecule has 1 saturated carbocycles. The lowest BCUT2D eigenvalue weighted by Crippen LogP contribution is -2.41. The van der Waals surface area contributed by atoms with Gasteiger partial charge < -0.3 is 15.4 Å². The molecule has 28 heavy (non-hydrogen) atoms. The van der Waals surface area contributed by atoms with Gasteiger partial charge >= 0.3 is 12.2 Å². The number of benzene rings is 1. The Morgan fingerprint density at radius 1 is 1.14 bits per heavy atom. The van der Waals surface area contributed by atoms with Crippen molar-refractivity contribution in [3.63, 3.8) is 0 Å². The van der Waals surface area contributed by atoms with E-state index in [-0.39, 0.29) is 24.1 Å². The van der Waals surface area contributed by atoms with Crippen LogP contribution in [0, 0.1) is 6.92 Å². The second kappa shape index (κ2) is 8.50. The molecule has 1 fully saturated rings. The van der Waals surface area contributed by atoms with Gasteiger partial charge in [-0.05, 0) is 56.4 Å². The van der Waals surface area contributed by atoms with Crippen LogP contribution in [-0.2, 0) is 6.18 Å². The Labute approximate surface area is 161 Å². The van der Waals surface area contributed by atoms with Crippen molar-refractivity contribution in [3.05, 3.63) is 53.7 Å². The van der Waals surface area contributed by atoms with Crippen molar-refractivity contribution in [1.82, 2.24) is 10.3 Å². The molecule has 0 saturated heterocycles. The second-order valence-electron chi connectivity index (χ2n) is 6.94. The first-order chi connectivity index (χ1) is 13.3. The zero-order chi connectivity index (χ0) is 20.1. The van der Waals surface area contributed by atoms with Gasteiger partial charge in [0.1, 0.15) is 6.10 Å². The van der Waals surface area contributed by atoms with Crippen LogP contribution in [0.2, 0.25) is 0 Å². The van der Waals surface area contributed by atoms with Gasteiger partial charge in [-0.1, -0.05) is 12.1 Å². The van der Waals surface area contributed by atoms with Gasteiger partial charge in [-0.25, -0.2) is 9.78 Å². The molecular formula is C20H22F3N3O2.